The zero-order valence-corrected chi connectivity index (χ0v) is 26.4. The Bertz CT molecular complexity index is 2250. The van der Waals surface area contributed by atoms with Crippen LogP contribution in [0.1, 0.15) is 0 Å². The molecule has 0 bridgehead atoms. The van der Waals surface area contributed by atoms with Gasteiger partial charge in [0.25, 0.3) is 0 Å². The monoisotopic (exact) mass is 618 g/mol. The summed E-state index contributed by atoms with van der Waals surface area (Å²) in [6.45, 7) is 0. The Hall–Kier alpha value is -5.90. The molecule has 0 N–H and O–H groups in total. The quantitative estimate of drug-likeness (QED) is 0.183. The number of hydrogen-bond acceptors (Lipinski definition) is 3. The summed E-state index contributed by atoms with van der Waals surface area (Å²) in [5.41, 5.74) is 6.89. The van der Waals surface area contributed by atoms with Crippen molar-refractivity contribution in [3.8, 4) is 0 Å². The molecule has 8 aromatic carbocycles. The third-order valence-electron chi connectivity index (χ3n) is 8.96. The summed E-state index contributed by atoms with van der Waals surface area (Å²) < 4.78 is 2.54. The first kappa shape index (κ1) is 27.4. The van der Waals surface area contributed by atoms with Crippen LogP contribution in [0.3, 0.4) is 0 Å². The summed E-state index contributed by atoms with van der Waals surface area (Å²) in [4.78, 5) is 4.83. The van der Waals surface area contributed by atoms with Gasteiger partial charge in [0.15, 0.2) is 0 Å². The van der Waals surface area contributed by atoms with E-state index in [1.165, 1.54) is 53.1 Å². The minimum Gasteiger partial charge on any atom is -0.309 e. The van der Waals surface area contributed by atoms with Crippen molar-refractivity contribution in [1.82, 2.24) is 0 Å². The average molecular weight is 619 g/mol. The van der Waals surface area contributed by atoms with E-state index < -0.39 is 0 Å². The van der Waals surface area contributed by atoms with Crippen LogP contribution in [0.15, 0.2) is 182 Å². The number of hydrogen-bond donors (Lipinski definition) is 0. The Kier molecular flexibility index (Phi) is 6.69. The molecule has 0 aliphatic carbocycles. The molecule has 1 aromatic heterocycles. The van der Waals surface area contributed by atoms with E-state index >= 15 is 0 Å². The number of nitrogens with zero attached hydrogens (tertiary/aromatic N) is 2. The lowest BCUT2D eigenvalue weighted by atomic mass is 9.97. The van der Waals surface area contributed by atoms with Gasteiger partial charge in [0.2, 0.25) is 0 Å². The molecule has 1 heterocycles. The van der Waals surface area contributed by atoms with Crippen molar-refractivity contribution in [1.29, 1.82) is 0 Å². The Morgan fingerprint density at radius 1 is 0.319 bits per heavy atom. The number of fused-ring (bicyclic) bond motifs is 7. The molecule has 0 saturated carbocycles. The molecule has 0 radical (unpaired) electrons. The second kappa shape index (κ2) is 11.5. The van der Waals surface area contributed by atoms with Crippen LogP contribution in [0.2, 0.25) is 0 Å². The number of para-hydroxylation sites is 4. The molecule has 9 rings (SSSR count). The van der Waals surface area contributed by atoms with E-state index in [0.717, 1.165) is 22.7 Å². The van der Waals surface area contributed by atoms with Crippen LogP contribution in [0.4, 0.5) is 34.1 Å². The predicted molar refractivity (Wildman–Crippen MR) is 204 cm³/mol. The Balaban J connectivity index is 1.46. The first-order chi connectivity index (χ1) is 23.3. The maximum Gasteiger partial charge on any atom is 0.0646 e. The van der Waals surface area contributed by atoms with Gasteiger partial charge < -0.3 is 9.80 Å². The molecule has 222 valence electrons. The van der Waals surface area contributed by atoms with Gasteiger partial charge in [0.05, 0.1) is 20.8 Å². The number of anilines is 6. The summed E-state index contributed by atoms with van der Waals surface area (Å²) >= 11 is 1.90. The van der Waals surface area contributed by atoms with Crippen LogP contribution in [0.25, 0.3) is 41.7 Å². The van der Waals surface area contributed by atoms with Crippen LogP contribution < -0.4 is 9.80 Å². The lowest BCUT2D eigenvalue weighted by Gasteiger charge is -2.26. The molecule has 3 heteroatoms. The number of thiophene rings is 1. The van der Waals surface area contributed by atoms with Gasteiger partial charge in [-0.3, -0.25) is 0 Å². The van der Waals surface area contributed by atoms with Gasteiger partial charge in [-0.2, -0.15) is 0 Å². The maximum atomic E-state index is 2.41. The molecule has 0 unspecified atom stereocenters. The predicted octanol–water partition coefficient (Wildman–Crippen LogP) is 13.3. The fourth-order valence-corrected chi connectivity index (χ4v) is 8.27. The molecule has 0 aliphatic heterocycles. The second-order valence-corrected chi connectivity index (χ2v) is 12.8. The molecule has 0 fully saturated rings. The molecular formula is C44H30N2S. The van der Waals surface area contributed by atoms with Crippen molar-refractivity contribution < 1.29 is 0 Å². The Morgan fingerprint density at radius 3 is 0.957 bits per heavy atom. The largest absolute Gasteiger partial charge is 0.309 e. The summed E-state index contributed by atoms with van der Waals surface area (Å²) in [7, 11) is 0. The fourth-order valence-electron chi connectivity index (χ4n) is 6.93. The van der Waals surface area contributed by atoms with Gasteiger partial charge in [0.1, 0.15) is 0 Å². The van der Waals surface area contributed by atoms with Crippen molar-refractivity contribution in [2.45, 2.75) is 0 Å². The van der Waals surface area contributed by atoms with E-state index in [9.17, 15) is 0 Å². The smallest absolute Gasteiger partial charge is 0.0646 e. The summed E-state index contributed by atoms with van der Waals surface area (Å²) in [5.74, 6) is 0. The van der Waals surface area contributed by atoms with E-state index in [-0.39, 0.29) is 0 Å². The molecule has 0 amide bonds. The highest BCUT2D eigenvalue weighted by molar-refractivity contribution is 7.27. The van der Waals surface area contributed by atoms with Crippen LogP contribution in [-0.4, -0.2) is 0 Å². The van der Waals surface area contributed by atoms with Gasteiger partial charge in [-0.1, -0.05) is 121 Å². The highest BCUT2D eigenvalue weighted by atomic mass is 32.1. The average Bonchev–Trinajstić information content (AvgIpc) is 3.56. The van der Waals surface area contributed by atoms with Gasteiger partial charge in [-0.05, 0) is 82.2 Å². The summed E-state index contributed by atoms with van der Waals surface area (Å²) in [5, 5.41) is 7.59. The topological polar surface area (TPSA) is 6.48 Å². The molecule has 0 spiro atoms. The molecule has 0 atom stereocenters. The SMILES string of the molecule is c1ccc(N(c2ccccc2)c2cc3ccccc3c3c2sc2c(N(c4ccccc4)c4ccccc4)cc4ccccc4c23)cc1. The van der Waals surface area contributed by atoms with Crippen molar-refractivity contribution in [2.24, 2.45) is 0 Å². The number of rotatable bonds is 6. The lowest BCUT2D eigenvalue weighted by molar-refractivity contribution is 1.30. The molecule has 2 nitrogen and oxygen atoms in total. The van der Waals surface area contributed by atoms with Gasteiger partial charge >= 0.3 is 0 Å². The zero-order chi connectivity index (χ0) is 31.2. The van der Waals surface area contributed by atoms with Gasteiger partial charge in [-0.15, -0.1) is 11.3 Å². The van der Waals surface area contributed by atoms with E-state index in [4.69, 9.17) is 0 Å². The first-order valence-electron chi connectivity index (χ1n) is 16.0. The maximum absolute atomic E-state index is 2.41. The van der Waals surface area contributed by atoms with Crippen LogP contribution in [0.5, 0.6) is 0 Å². The minimum atomic E-state index is 1.13. The lowest BCUT2D eigenvalue weighted by Crippen LogP contribution is -2.09. The van der Waals surface area contributed by atoms with Crippen LogP contribution in [-0.2, 0) is 0 Å². The third-order valence-corrected chi connectivity index (χ3v) is 10.2. The first-order valence-corrected chi connectivity index (χ1v) is 16.8. The van der Waals surface area contributed by atoms with E-state index in [1.54, 1.807) is 0 Å². The highest BCUT2D eigenvalue weighted by Crippen LogP contribution is 2.53. The molecular weight excluding hydrogens is 589 g/mol. The van der Waals surface area contributed by atoms with Crippen molar-refractivity contribution >= 4 is 87.2 Å². The van der Waals surface area contributed by atoms with Gasteiger partial charge in [-0.25, -0.2) is 0 Å². The van der Waals surface area contributed by atoms with E-state index in [0.29, 0.717) is 0 Å². The number of benzene rings is 8. The summed E-state index contributed by atoms with van der Waals surface area (Å²) in [6, 6.07) is 65.4. The summed E-state index contributed by atoms with van der Waals surface area (Å²) in [6.07, 6.45) is 0. The fraction of sp³-hybridized carbons (Fsp3) is 0. The Labute approximate surface area is 278 Å². The second-order valence-electron chi connectivity index (χ2n) is 11.8. The van der Waals surface area contributed by atoms with E-state index in [1.807, 2.05) is 11.3 Å². The third kappa shape index (κ3) is 4.63. The molecule has 47 heavy (non-hydrogen) atoms. The minimum absolute atomic E-state index is 1.13. The standard InChI is InChI=1S/C44H30N2S/c1-5-19-33(20-6-1)45(34-21-7-2-8-22-34)39-29-31-17-13-15-27-37(31)41-42-38-28-16-14-18-32(38)30-40(44(42)47-43(39)41)46(35-23-9-3-10-24-35)36-25-11-4-12-26-36/h1-30H. The van der Waals surface area contributed by atoms with E-state index in [2.05, 4.69) is 192 Å². The molecule has 9 aromatic rings. The van der Waals surface area contributed by atoms with Crippen LogP contribution in [0, 0.1) is 0 Å². The van der Waals surface area contributed by atoms with Crippen molar-refractivity contribution in [3.63, 3.8) is 0 Å². The van der Waals surface area contributed by atoms with Crippen molar-refractivity contribution in [2.75, 3.05) is 9.80 Å². The van der Waals surface area contributed by atoms with Crippen LogP contribution >= 0.6 is 11.3 Å². The molecule has 0 aliphatic rings. The zero-order valence-electron chi connectivity index (χ0n) is 25.6. The molecule has 0 saturated heterocycles. The van der Waals surface area contributed by atoms with Crippen molar-refractivity contribution in [3.05, 3.63) is 182 Å². The highest BCUT2D eigenvalue weighted by Gasteiger charge is 2.25. The van der Waals surface area contributed by atoms with Gasteiger partial charge in [0, 0.05) is 33.5 Å². The Morgan fingerprint density at radius 2 is 0.617 bits per heavy atom. The normalized spacial score (nSPS) is 11.4.